The Morgan fingerprint density at radius 3 is 2.53 bits per heavy atom. The number of rotatable bonds is 8. The highest BCUT2D eigenvalue weighted by atomic mass is 32.3. The Morgan fingerprint density at radius 2 is 1.88 bits per heavy atom. The highest BCUT2D eigenvalue weighted by molar-refractivity contribution is 7.89. The van der Waals surface area contributed by atoms with Crippen LogP contribution in [0, 0.1) is 11.3 Å². The van der Waals surface area contributed by atoms with Crippen molar-refractivity contribution in [3.05, 3.63) is 36.4 Å². The third-order valence-corrected chi connectivity index (χ3v) is 8.31. The van der Waals surface area contributed by atoms with Crippen LogP contribution in [0.3, 0.4) is 0 Å². The van der Waals surface area contributed by atoms with Gasteiger partial charge in [-0.25, -0.2) is 0 Å². The summed E-state index contributed by atoms with van der Waals surface area (Å²) in [5.41, 5.74) is 0.750. The number of thiophene rings is 1. The summed E-state index contributed by atoms with van der Waals surface area (Å²) < 4.78 is 41.9. The average molecular weight is 481 g/mol. The fraction of sp³-hybridized carbons (Fsp3) is 0.542. The minimum Gasteiger partial charge on any atom is -0.494 e. The van der Waals surface area contributed by atoms with Gasteiger partial charge in [0.25, 0.3) is 0 Å². The largest absolute Gasteiger partial charge is 0.494 e. The molecule has 0 bridgehead atoms. The monoisotopic (exact) mass is 480 g/mol. The van der Waals surface area contributed by atoms with Crippen LogP contribution in [0.25, 0.3) is 10.4 Å². The van der Waals surface area contributed by atoms with Crippen LogP contribution in [-0.4, -0.2) is 33.7 Å². The molecule has 1 saturated heterocycles. The first-order chi connectivity index (χ1) is 15.1. The highest BCUT2D eigenvalue weighted by Crippen LogP contribution is 2.35. The van der Waals surface area contributed by atoms with Crippen LogP contribution in [0.4, 0.5) is 0 Å². The fourth-order valence-corrected chi connectivity index (χ4v) is 5.68. The van der Waals surface area contributed by atoms with E-state index in [0.717, 1.165) is 40.4 Å². The van der Waals surface area contributed by atoms with Crippen molar-refractivity contribution >= 4 is 27.4 Å². The van der Waals surface area contributed by atoms with E-state index in [0.29, 0.717) is 26.1 Å². The number of carbonyl (C=O) groups excluding carboxylic acids is 1. The van der Waals surface area contributed by atoms with E-state index in [1.54, 1.807) is 6.07 Å². The normalized spacial score (nSPS) is 19.5. The average Bonchev–Trinajstić information content (AvgIpc) is 3.25. The van der Waals surface area contributed by atoms with E-state index in [-0.39, 0.29) is 15.7 Å². The minimum absolute atomic E-state index is 0.0172. The minimum atomic E-state index is -4.17. The lowest BCUT2D eigenvalue weighted by Gasteiger charge is -2.36. The number of benzene rings is 1. The Kier molecular flexibility index (Phi) is 8.01. The van der Waals surface area contributed by atoms with E-state index in [2.05, 4.69) is 6.92 Å². The van der Waals surface area contributed by atoms with Gasteiger partial charge in [0.15, 0.2) is 4.21 Å². The van der Waals surface area contributed by atoms with Crippen LogP contribution in [0.2, 0.25) is 0 Å². The molecule has 32 heavy (non-hydrogen) atoms. The van der Waals surface area contributed by atoms with E-state index in [1.807, 2.05) is 45.0 Å². The number of ether oxygens (including phenoxy) is 2. The Hall–Kier alpha value is -1.90. The van der Waals surface area contributed by atoms with Gasteiger partial charge in [0, 0.05) is 11.5 Å². The molecule has 176 valence electrons. The summed E-state index contributed by atoms with van der Waals surface area (Å²) in [6.07, 6.45) is 2.88. The van der Waals surface area contributed by atoms with E-state index in [1.165, 1.54) is 6.07 Å². The van der Waals surface area contributed by atoms with Gasteiger partial charge in [0.05, 0.1) is 18.6 Å². The smallest absolute Gasteiger partial charge is 0.351 e. The molecule has 8 heteroatoms. The molecule has 0 spiro atoms. The molecule has 1 aliphatic heterocycles. The van der Waals surface area contributed by atoms with Gasteiger partial charge in [-0.05, 0) is 66.6 Å². The van der Waals surface area contributed by atoms with Gasteiger partial charge in [-0.15, -0.1) is 11.3 Å². The van der Waals surface area contributed by atoms with E-state index < -0.39 is 22.0 Å². The second kappa shape index (κ2) is 10.4. The Morgan fingerprint density at radius 1 is 1.16 bits per heavy atom. The van der Waals surface area contributed by atoms with Crippen LogP contribution in [0.1, 0.15) is 53.4 Å². The van der Waals surface area contributed by atoms with E-state index in [9.17, 15) is 13.2 Å². The maximum Gasteiger partial charge on any atom is 0.351 e. The lowest BCUT2D eigenvalue weighted by Crippen LogP contribution is -2.39. The van der Waals surface area contributed by atoms with Gasteiger partial charge in [0.1, 0.15) is 5.75 Å². The van der Waals surface area contributed by atoms with Crippen LogP contribution in [-0.2, 0) is 23.8 Å². The molecule has 1 aliphatic rings. The molecule has 1 aromatic heterocycles. The third kappa shape index (κ3) is 6.33. The molecule has 0 saturated carbocycles. The second-order valence-corrected chi connectivity index (χ2v) is 12.0. The molecular weight excluding hydrogens is 448 g/mol. The summed E-state index contributed by atoms with van der Waals surface area (Å²) in [4.78, 5) is 13.4. The number of hydrogen-bond acceptors (Lipinski definition) is 7. The van der Waals surface area contributed by atoms with Crippen molar-refractivity contribution < 1.29 is 26.9 Å². The molecule has 0 radical (unpaired) electrons. The number of hydrogen-bond donors (Lipinski definition) is 0. The molecule has 3 rings (SSSR count). The molecular formula is C24H32O6S2. The van der Waals surface area contributed by atoms with Gasteiger partial charge in [-0.1, -0.05) is 34.1 Å². The first-order valence-electron chi connectivity index (χ1n) is 11.0. The lowest BCUT2D eigenvalue weighted by atomic mass is 9.81. The SMILES string of the molecule is CCCCOc1ccc(-c2ccc(S(=O)(=O)OC(=O)C3CCOC(C(C)(C)C)C3)s2)cc1. The molecule has 1 fully saturated rings. The molecule has 0 N–H and O–H groups in total. The second-order valence-electron chi connectivity index (χ2n) is 9.15. The van der Waals surface area contributed by atoms with Crippen molar-refractivity contribution in [1.82, 2.24) is 0 Å². The number of unbranched alkanes of at least 4 members (excludes halogenated alkanes) is 1. The first kappa shape index (κ1) is 24.7. The summed E-state index contributed by atoms with van der Waals surface area (Å²) in [6.45, 7) is 9.32. The zero-order valence-corrected chi connectivity index (χ0v) is 20.8. The Bertz CT molecular complexity index is 1000. The van der Waals surface area contributed by atoms with Gasteiger partial charge >= 0.3 is 16.1 Å². The van der Waals surface area contributed by atoms with Crippen molar-refractivity contribution in [1.29, 1.82) is 0 Å². The number of carbonyl (C=O) groups is 1. The predicted octanol–water partition coefficient (Wildman–Crippen LogP) is 5.67. The Balaban J connectivity index is 1.65. The zero-order valence-electron chi connectivity index (χ0n) is 19.1. The van der Waals surface area contributed by atoms with Gasteiger partial charge < -0.3 is 13.7 Å². The van der Waals surface area contributed by atoms with E-state index >= 15 is 0 Å². The summed E-state index contributed by atoms with van der Waals surface area (Å²) in [5, 5.41) is 0. The van der Waals surface area contributed by atoms with Crippen molar-refractivity contribution in [3.63, 3.8) is 0 Å². The standard InChI is InChI=1S/C24H32O6S2/c1-5-6-14-28-19-9-7-17(8-10-19)20-11-12-22(31-20)32(26,27)30-23(25)18-13-15-29-21(16-18)24(2,3)4/h7-12,18,21H,5-6,13-16H2,1-4H3. The molecule has 2 atom stereocenters. The molecule has 1 aromatic carbocycles. The summed E-state index contributed by atoms with van der Waals surface area (Å²) in [5.74, 6) is -0.404. The molecule has 2 unspecified atom stereocenters. The molecule has 6 nitrogen and oxygen atoms in total. The fourth-order valence-electron chi connectivity index (χ4n) is 3.49. The van der Waals surface area contributed by atoms with Gasteiger partial charge in [0.2, 0.25) is 0 Å². The first-order valence-corrected chi connectivity index (χ1v) is 13.3. The third-order valence-electron chi connectivity index (χ3n) is 5.51. The predicted molar refractivity (Wildman–Crippen MR) is 125 cm³/mol. The maximum absolute atomic E-state index is 12.7. The molecule has 2 aromatic rings. The van der Waals surface area contributed by atoms with Crippen LogP contribution < -0.4 is 4.74 Å². The topological polar surface area (TPSA) is 78.9 Å². The quantitative estimate of drug-likeness (QED) is 0.358. The molecule has 0 aliphatic carbocycles. The van der Waals surface area contributed by atoms with Crippen molar-refractivity contribution in [2.75, 3.05) is 13.2 Å². The zero-order chi connectivity index (χ0) is 23.4. The summed E-state index contributed by atoms with van der Waals surface area (Å²) in [7, 11) is -4.17. The lowest BCUT2D eigenvalue weighted by molar-refractivity contribution is -0.146. The maximum atomic E-state index is 12.7. The van der Waals surface area contributed by atoms with Gasteiger partial charge in [-0.2, -0.15) is 8.42 Å². The summed E-state index contributed by atoms with van der Waals surface area (Å²) in [6, 6.07) is 10.7. The van der Waals surface area contributed by atoms with Gasteiger partial charge in [-0.3, -0.25) is 4.79 Å². The van der Waals surface area contributed by atoms with Crippen molar-refractivity contribution in [2.45, 2.75) is 63.7 Å². The van der Waals surface area contributed by atoms with Crippen molar-refractivity contribution in [3.8, 4) is 16.2 Å². The molecule has 0 amide bonds. The molecule has 2 heterocycles. The van der Waals surface area contributed by atoms with Crippen molar-refractivity contribution in [2.24, 2.45) is 11.3 Å². The van der Waals surface area contributed by atoms with Crippen LogP contribution in [0.5, 0.6) is 5.75 Å². The van der Waals surface area contributed by atoms with Crippen LogP contribution in [0.15, 0.2) is 40.6 Å². The Labute approximate surface area is 195 Å². The van der Waals surface area contributed by atoms with Crippen LogP contribution >= 0.6 is 11.3 Å². The van der Waals surface area contributed by atoms with E-state index in [4.69, 9.17) is 13.7 Å². The summed E-state index contributed by atoms with van der Waals surface area (Å²) >= 11 is 1.08. The highest BCUT2D eigenvalue weighted by Gasteiger charge is 2.37.